The van der Waals surface area contributed by atoms with Crippen molar-refractivity contribution in [2.45, 2.75) is 82.3 Å². The van der Waals surface area contributed by atoms with Crippen LogP contribution in [0.4, 0.5) is 0 Å². The molecule has 230 valence electrons. The van der Waals surface area contributed by atoms with Gasteiger partial charge in [-0.05, 0) is 34.0 Å². The third-order valence-electron chi connectivity index (χ3n) is 5.87. The molecular formula is C22H37N5O10P4. The number of hydrogen-bond acceptors (Lipinski definition) is 12. The van der Waals surface area contributed by atoms with Crippen molar-refractivity contribution in [1.82, 2.24) is 25.9 Å². The molecule has 0 radical (unpaired) electrons. The molecule has 5 unspecified atom stereocenters. The Morgan fingerprint density at radius 2 is 1.37 bits per heavy atom. The van der Waals surface area contributed by atoms with E-state index in [4.69, 9.17) is 4.84 Å². The van der Waals surface area contributed by atoms with Gasteiger partial charge in [0.2, 0.25) is 11.8 Å². The van der Waals surface area contributed by atoms with Gasteiger partial charge in [-0.25, -0.2) is 4.79 Å². The van der Waals surface area contributed by atoms with Gasteiger partial charge in [0.05, 0.1) is 25.0 Å². The van der Waals surface area contributed by atoms with E-state index in [1.165, 1.54) is 0 Å². The van der Waals surface area contributed by atoms with Gasteiger partial charge in [-0.2, -0.15) is 0 Å². The summed E-state index contributed by atoms with van der Waals surface area (Å²) in [7, 11) is 6.65. The summed E-state index contributed by atoms with van der Waals surface area (Å²) in [5, 5.41) is 11.2. The molecule has 0 saturated carbocycles. The van der Waals surface area contributed by atoms with E-state index in [1.807, 2.05) is 0 Å². The summed E-state index contributed by atoms with van der Waals surface area (Å²) in [6, 6.07) is -3.46. The molecule has 1 saturated heterocycles. The predicted octanol–water partition coefficient (Wildman–Crippen LogP) is -0.0183. The number of amides is 4. The molecule has 1 heterocycles. The second-order valence-electron chi connectivity index (χ2n) is 8.81. The Bertz CT molecular complexity index is 957. The van der Waals surface area contributed by atoms with Crippen molar-refractivity contribution in [3.05, 3.63) is 0 Å². The Morgan fingerprint density at radius 1 is 0.829 bits per heavy atom. The topological polar surface area (TPSA) is 199 Å². The lowest BCUT2D eigenvalue weighted by molar-refractivity contribution is -0.199. The Balaban J connectivity index is 2.98. The minimum Gasteiger partial charge on any atom is -0.452 e. The van der Waals surface area contributed by atoms with E-state index >= 15 is 0 Å². The third kappa shape index (κ3) is 14.1. The summed E-state index contributed by atoms with van der Waals surface area (Å²) < 4.78 is 9.05. The van der Waals surface area contributed by atoms with Gasteiger partial charge in [0.15, 0.2) is 0 Å². The maximum absolute atomic E-state index is 13.2. The first-order chi connectivity index (χ1) is 19.6. The third-order valence-corrected chi connectivity index (χ3v) is 7.24. The smallest absolute Gasteiger partial charge is 0.355 e. The van der Waals surface area contributed by atoms with Gasteiger partial charge in [0.1, 0.15) is 12.1 Å². The molecule has 0 aromatic rings. The second-order valence-corrected chi connectivity index (χ2v) is 10.2. The maximum Gasteiger partial charge on any atom is 0.355 e. The molecule has 1 aliphatic heterocycles. The molecule has 19 heteroatoms. The van der Waals surface area contributed by atoms with Gasteiger partial charge in [-0.1, -0.05) is 28.5 Å². The molecular weight excluding hydrogens is 618 g/mol. The molecule has 15 nitrogen and oxygen atoms in total. The highest BCUT2D eigenvalue weighted by Crippen LogP contribution is 2.15. The van der Waals surface area contributed by atoms with Gasteiger partial charge in [0, 0.05) is 32.2 Å². The summed E-state index contributed by atoms with van der Waals surface area (Å²) in [6.07, 6.45) is 5.27. The molecule has 1 fully saturated rings. The molecule has 1 aliphatic rings. The normalized spacial score (nSPS) is 15.1. The van der Waals surface area contributed by atoms with Crippen molar-refractivity contribution in [2.24, 2.45) is 0 Å². The standard InChI is InChI=1S/C22H37N5O10P4/c1-41-23-12-4-2-3-5-14(26-38)21(33)24-13(6-10-18(30)36-39)20(32)25-15(7-11-19(31)37-40)22(34)35-27-16(28)8-9-17(27)29/h13-15,23,26H,1-12,38-40H2,(H,24,33)(H,25,32)/t13?,14-,15?/m0/s1. The van der Waals surface area contributed by atoms with Crippen molar-refractivity contribution in [1.29, 1.82) is 0 Å². The SMILES string of the molecule is C=PNCCCCC[C@H](NP)C(=O)NC(CCC(=O)OP)C(=O)NC(CCC(=O)OP)C(=O)ON1C(=O)CCC1=O. The Hall–Kier alpha value is -2.13. The molecule has 1 rings (SSSR count). The van der Waals surface area contributed by atoms with E-state index in [1.54, 1.807) is 18.9 Å². The van der Waals surface area contributed by atoms with Crippen LogP contribution in [0.3, 0.4) is 0 Å². The molecule has 4 amide bonds. The highest BCUT2D eigenvalue weighted by molar-refractivity contribution is 7.34. The van der Waals surface area contributed by atoms with E-state index < -0.39 is 59.7 Å². The highest BCUT2D eigenvalue weighted by atomic mass is 31.1. The molecule has 6 atom stereocenters. The highest BCUT2D eigenvalue weighted by Gasteiger charge is 2.36. The fraction of sp³-hybridized carbons (Fsp3) is 0.636. The average Bonchev–Trinajstić information content (AvgIpc) is 3.28. The average molecular weight is 655 g/mol. The zero-order valence-corrected chi connectivity index (χ0v) is 26.8. The van der Waals surface area contributed by atoms with Gasteiger partial charge >= 0.3 is 17.9 Å². The predicted molar refractivity (Wildman–Crippen MR) is 158 cm³/mol. The maximum atomic E-state index is 13.2. The fourth-order valence-corrected chi connectivity index (χ4v) is 4.48. The number of nitrogens with one attached hydrogen (secondary N) is 4. The number of carbonyl (C=O) groups is 7. The van der Waals surface area contributed by atoms with Crippen LogP contribution < -0.4 is 20.8 Å². The van der Waals surface area contributed by atoms with E-state index in [-0.39, 0.29) is 38.5 Å². The first-order valence-electron chi connectivity index (χ1n) is 12.7. The van der Waals surface area contributed by atoms with Crippen LogP contribution in [0.15, 0.2) is 0 Å². The number of carbonyl (C=O) groups excluding carboxylic acids is 7. The summed E-state index contributed by atoms with van der Waals surface area (Å²) >= 11 is 0. The van der Waals surface area contributed by atoms with E-state index in [2.05, 4.69) is 45.5 Å². The van der Waals surface area contributed by atoms with Crippen LogP contribution in [0.25, 0.3) is 0 Å². The summed E-state index contributed by atoms with van der Waals surface area (Å²) in [5.41, 5.74) is 0. The van der Waals surface area contributed by atoms with Crippen LogP contribution in [0.2, 0.25) is 0 Å². The summed E-state index contributed by atoms with van der Waals surface area (Å²) in [5.74, 6) is -5.40. The zero-order valence-electron chi connectivity index (χ0n) is 22.4. The van der Waals surface area contributed by atoms with Crippen LogP contribution in [0.1, 0.15) is 64.2 Å². The molecule has 0 aliphatic carbocycles. The van der Waals surface area contributed by atoms with Crippen LogP contribution in [0.5, 0.6) is 0 Å². The van der Waals surface area contributed by atoms with E-state index in [0.29, 0.717) is 11.5 Å². The fourth-order valence-electron chi connectivity index (χ4n) is 3.61. The second kappa shape index (κ2) is 20.7. The molecule has 41 heavy (non-hydrogen) atoms. The lowest BCUT2D eigenvalue weighted by Crippen LogP contribution is -2.55. The minimum atomic E-state index is -1.50. The van der Waals surface area contributed by atoms with Gasteiger partial charge in [0.25, 0.3) is 11.8 Å². The van der Waals surface area contributed by atoms with Crippen LogP contribution >= 0.6 is 36.7 Å². The minimum absolute atomic E-state index is 0.139. The molecule has 0 aromatic carbocycles. The van der Waals surface area contributed by atoms with Crippen LogP contribution in [0, 0.1) is 0 Å². The van der Waals surface area contributed by atoms with Crippen LogP contribution in [-0.2, 0) is 47.4 Å². The van der Waals surface area contributed by atoms with Gasteiger partial charge in [-0.15, -0.1) is 5.06 Å². The molecule has 4 N–H and O–H groups in total. The molecule has 0 bridgehead atoms. The van der Waals surface area contributed by atoms with Crippen molar-refractivity contribution in [3.63, 3.8) is 0 Å². The van der Waals surface area contributed by atoms with Crippen molar-refractivity contribution in [2.75, 3.05) is 6.54 Å². The molecule has 0 spiro atoms. The molecule has 0 aromatic heterocycles. The zero-order chi connectivity index (χ0) is 30.8. The number of imide groups is 1. The summed E-state index contributed by atoms with van der Waals surface area (Å²) in [4.78, 5) is 91.2. The van der Waals surface area contributed by atoms with Gasteiger partial charge < -0.3 is 24.5 Å². The Morgan fingerprint density at radius 3 is 1.90 bits per heavy atom. The number of rotatable bonds is 20. The summed E-state index contributed by atoms with van der Waals surface area (Å²) in [6.45, 7) is 0.794. The first kappa shape index (κ1) is 36.9. The lowest BCUT2D eigenvalue weighted by Gasteiger charge is -2.25. The lowest BCUT2D eigenvalue weighted by atomic mass is 10.1. The number of hydrogen-bond donors (Lipinski definition) is 4. The Kier molecular flexibility index (Phi) is 18.6. The largest absolute Gasteiger partial charge is 0.452 e. The number of hydroxylamine groups is 2. The number of unbranched alkanes of at least 4 members (excludes halogenated alkanes) is 2. The van der Waals surface area contributed by atoms with Crippen LogP contribution in [-0.4, -0.2) is 77.6 Å². The Labute approximate surface area is 246 Å². The van der Waals surface area contributed by atoms with Crippen molar-refractivity contribution < 1.29 is 47.4 Å². The van der Waals surface area contributed by atoms with Crippen molar-refractivity contribution >= 4 is 84.5 Å². The van der Waals surface area contributed by atoms with E-state index in [0.717, 1.165) is 34.2 Å². The van der Waals surface area contributed by atoms with Crippen molar-refractivity contribution in [3.8, 4) is 0 Å². The number of nitrogens with zero attached hydrogens (tertiary/aromatic N) is 1. The quantitative estimate of drug-likeness (QED) is 0.0778. The van der Waals surface area contributed by atoms with E-state index in [9.17, 15) is 33.6 Å². The van der Waals surface area contributed by atoms with Gasteiger partial charge in [-0.3, -0.25) is 38.9 Å². The first-order valence-corrected chi connectivity index (χ1v) is 15.3. The monoisotopic (exact) mass is 655 g/mol.